The van der Waals surface area contributed by atoms with Gasteiger partial charge in [-0.2, -0.15) is 0 Å². The molecule has 1 atom stereocenters. The minimum atomic E-state index is -0.261. The zero-order chi connectivity index (χ0) is 30.3. The lowest BCUT2D eigenvalue weighted by Gasteiger charge is -2.43. The molecule has 43 heavy (non-hydrogen) atoms. The van der Waals surface area contributed by atoms with Gasteiger partial charge in [-0.1, -0.05) is 18.5 Å². The van der Waals surface area contributed by atoms with E-state index >= 15 is 0 Å². The fourth-order valence-corrected chi connectivity index (χ4v) is 5.47. The van der Waals surface area contributed by atoms with Crippen LogP contribution in [0.25, 0.3) is 11.3 Å². The Balaban J connectivity index is 1.40. The van der Waals surface area contributed by atoms with E-state index in [2.05, 4.69) is 27.4 Å². The van der Waals surface area contributed by atoms with E-state index in [4.69, 9.17) is 26.1 Å². The number of rotatable bonds is 12. The number of aromatic nitrogens is 2. The lowest BCUT2D eigenvalue weighted by molar-refractivity contribution is 0.0720. The number of halogens is 1. The van der Waals surface area contributed by atoms with E-state index in [0.29, 0.717) is 78.5 Å². The van der Waals surface area contributed by atoms with Crippen molar-refractivity contribution in [1.29, 1.82) is 0 Å². The maximum Gasteiger partial charge on any atom is 0.272 e. The standard InChI is InChI=1S/C32H39ClN6O4/c1-4-21-20-38(32(41)24-11-10-23(19-26(24)33)43-22-8-9-22)17-18-39(21)28-13-12-27(25-7-6-14-36-31(25)42-5-2)37-29(28)30(40)35-16-15-34-3/h6-7,10-14,19,21-22,34H,4-5,8-9,15-18,20H2,1-3H3,(H,35,40)/t21-/m1/s1. The third kappa shape index (κ3) is 7.19. The van der Waals surface area contributed by atoms with Gasteiger partial charge >= 0.3 is 0 Å². The van der Waals surface area contributed by atoms with Crippen molar-refractivity contribution in [2.45, 2.75) is 45.3 Å². The Morgan fingerprint density at radius 3 is 2.65 bits per heavy atom. The van der Waals surface area contributed by atoms with E-state index in [9.17, 15) is 9.59 Å². The highest BCUT2D eigenvalue weighted by Gasteiger charge is 2.33. The number of nitrogens with one attached hydrogen (secondary N) is 2. The van der Waals surface area contributed by atoms with Crippen LogP contribution in [0.4, 0.5) is 5.69 Å². The maximum absolute atomic E-state index is 13.6. The summed E-state index contributed by atoms with van der Waals surface area (Å²) in [6, 6.07) is 12.8. The third-order valence-corrected chi connectivity index (χ3v) is 7.94. The van der Waals surface area contributed by atoms with E-state index in [1.807, 2.05) is 49.2 Å². The molecule has 2 aromatic heterocycles. The molecule has 1 saturated heterocycles. The van der Waals surface area contributed by atoms with Crippen LogP contribution < -0.4 is 25.0 Å². The third-order valence-electron chi connectivity index (χ3n) is 7.63. The van der Waals surface area contributed by atoms with Crippen molar-refractivity contribution < 1.29 is 19.1 Å². The van der Waals surface area contributed by atoms with E-state index < -0.39 is 0 Å². The molecule has 3 heterocycles. The predicted octanol–water partition coefficient (Wildman–Crippen LogP) is 4.43. The number of amides is 2. The van der Waals surface area contributed by atoms with Crippen molar-refractivity contribution in [2.24, 2.45) is 0 Å². The largest absolute Gasteiger partial charge is 0.490 e. The highest BCUT2D eigenvalue weighted by atomic mass is 35.5. The van der Waals surface area contributed by atoms with Crippen molar-refractivity contribution in [3.05, 3.63) is 64.9 Å². The number of hydrogen-bond acceptors (Lipinski definition) is 8. The van der Waals surface area contributed by atoms with Gasteiger partial charge in [0, 0.05) is 45.0 Å². The topological polar surface area (TPSA) is 109 Å². The van der Waals surface area contributed by atoms with Crippen LogP contribution in [-0.2, 0) is 0 Å². The van der Waals surface area contributed by atoms with E-state index in [-0.39, 0.29) is 24.0 Å². The molecule has 2 aliphatic rings. The van der Waals surface area contributed by atoms with Gasteiger partial charge in [-0.05, 0) is 75.7 Å². The molecule has 0 radical (unpaired) electrons. The van der Waals surface area contributed by atoms with Gasteiger partial charge in [0.2, 0.25) is 5.88 Å². The Bertz CT molecular complexity index is 1450. The molecule has 1 aliphatic heterocycles. The molecule has 0 spiro atoms. The van der Waals surface area contributed by atoms with Crippen LogP contribution in [-0.4, -0.2) is 85.2 Å². The summed E-state index contributed by atoms with van der Waals surface area (Å²) in [6.07, 6.45) is 4.80. The first kappa shape index (κ1) is 30.6. The zero-order valence-corrected chi connectivity index (χ0v) is 25.7. The van der Waals surface area contributed by atoms with Crippen LogP contribution in [0.15, 0.2) is 48.7 Å². The maximum atomic E-state index is 13.6. The van der Waals surface area contributed by atoms with Gasteiger partial charge in [0.1, 0.15) is 5.75 Å². The van der Waals surface area contributed by atoms with Crippen LogP contribution in [0.3, 0.4) is 0 Å². The number of piperazine rings is 1. The number of pyridine rings is 2. The minimum Gasteiger partial charge on any atom is -0.490 e. The summed E-state index contributed by atoms with van der Waals surface area (Å²) in [4.78, 5) is 40.3. The molecule has 0 bridgehead atoms. The number of nitrogens with zero attached hydrogens (tertiary/aromatic N) is 4. The van der Waals surface area contributed by atoms with Crippen LogP contribution in [0.5, 0.6) is 11.6 Å². The van der Waals surface area contributed by atoms with Crippen molar-refractivity contribution in [2.75, 3.05) is 51.3 Å². The van der Waals surface area contributed by atoms with Crippen molar-refractivity contribution in [3.8, 4) is 22.9 Å². The summed E-state index contributed by atoms with van der Waals surface area (Å²) in [5.41, 5.74) is 2.83. The highest BCUT2D eigenvalue weighted by Crippen LogP contribution is 2.33. The van der Waals surface area contributed by atoms with E-state index in [1.165, 1.54) is 0 Å². The number of benzene rings is 1. The summed E-state index contributed by atoms with van der Waals surface area (Å²) in [7, 11) is 1.84. The number of likely N-dealkylation sites (N-methyl/N-ethyl adjacent to an activating group) is 1. The highest BCUT2D eigenvalue weighted by molar-refractivity contribution is 6.34. The Labute approximate surface area is 257 Å². The number of hydrogen-bond donors (Lipinski definition) is 2. The smallest absolute Gasteiger partial charge is 0.272 e. The van der Waals surface area contributed by atoms with E-state index in [0.717, 1.165) is 24.9 Å². The Morgan fingerprint density at radius 1 is 1.09 bits per heavy atom. The summed E-state index contributed by atoms with van der Waals surface area (Å²) in [5.74, 6) is 0.787. The molecular weight excluding hydrogens is 568 g/mol. The molecule has 1 saturated carbocycles. The average molecular weight is 607 g/mol. The SMILES string of the molecule is CCOc1ncccc1-c1ccc(N2CCN(C(=O)c3ccc(OC4CC4)cc3Cl)C[C@H]2CC)c(C(=O)NCCNC)n1. The molecule has 5 rings (SSSR count). The second-order valence-corrected chi connectivity index (χ2v) is 11.1. The van der Waals surface area contributed by atoms with Crippen molar-refractivity contribution >= 4 is 29.1 Å². The molecular formula is C32H39ClN6O4. The quantitative estimate of drug-likeness (QED) is 0.292. The number of ether oxygens (including phenoxy) is 2. The van der Waals surface area contributed by atoms with Gasteiger partial charge in [0.05, 0.1) is 40.2 Å². The number of anilines is 1. The molecule has 228 valence electrons. The van der Waals surface area contributed by atoms with Gasteiger partial charge < -0.3 is 29.9 Å². The van der Waals surface area contributed by atoms with Crippen molar-refractivity contribution in [3.63, 3.8) is 0 Å². The first-order chi connectivity index (χ1) is 20.9. The molecule has 2 amide bonds. The Kier molecular flexibility index (Phi) is 9.99. The van der Waals surface area contributed by atoms with Crippen molar-refractivity contribution in [1.82, 2.24) is 25.5 Å². The van der Waals surface area contributed by atoms with E-state index in [1.54, 1.807) is 18.3 Å². The van der Waals surface area contributed by atoms with Crippen LogP contribution >= 0.6 is 11.6 Å². The molecule has 0 unspecified atom stereocenters. The molecule has 3 aromatic rings. The number of carbonyl (C=O) groups is 2. The van der Waals surface area contributed by atoms with Gasteiger partial charge in [-0.25, -0.2) is 9.97 Å². The van der Waals surface area contributed by atoms with Gasteiger partial charge in [-0.15, -0.1) is 0 Å². The zero-order valence-electron chi connectivity index (χ0n) is 24.9. The van der Waals surface area contributed by atoms with Gasteiger partial charge in [-0.3, -0.25) is 9.59 Å². The number of carbonyl (C=O) groups excluding carboxylic acids is 2. The fraction of sp³-hybridized carbons (Fsp3) is 0.438. The molecule has 2 N–H and O–H groups in total. The second-order valence-electron chi connectivity index (χ2n) is 10.7. The first-order valence-corrected chi connectivity index (χ1v) is 15.3. The lowest BCUT2D eigenvalue weighted by Crippen LogP contribution is -2.55. The van der Waals surface area contributed by atoms with Gasteiger partial charge in [0.25, 0.3) is 11.8 Å². The first-order valence-electron chi connectivity index (χ1n) is 15.0. The predicted molar refractivity (Wildman–Crippen MR) is 167 cm³/mol. The second kappa shape index (κ2) is 14.1. The molecule has 2 fully saturated rings. The molecule has 1 aliphatic carbocycles. The summed E-state index contributed by atoms with van der Waals surface area (Å²) in [6.45, 7) is 7.05. The normalized spacial score (nSPS) is 16.6. The van der Waals surface area contributed by atoms with Crippen LogP contribution in [0.2, 0.25) is 5.02 Å². The summed E-state index contributed by atoms with van der Waals surface area (Å²) >= 11 is 6.54. The lowest BCUT2D eigenvalue weighted by atomic mass is 10.0. The Hall–Kier alpha value is -3.89. The minimum absolute atomic E-state index is 0.0252. The fourth-order valence-electron chi connectivity index (χ4n) is 5.22. The van der Waals surface area contributed by atoms with Crippen LogP contribution in [0, 0.1) is 0 Å². The van der Waals surface area contributed by atoms with Crippen LogP contribution in [0.1, 0.15) is 54.0 Å². The molecule has 1 aromatic carbocycles. The Morgan fingerprint density at radius 2 is 1.93 bits per heavy atom. The molecule has 10 nitrogen and oxygen atoms in total. The monoisotopic (exact) mass is 606 g/mol. The average Bonchev–Trinajstić information content (AvgIpc) is 3.85. The van der Waals surface area contributed by atoms with Gasteiger partial charge in [0.15, 0.2) is 5.69 Å². The molecule has 11 heteroatoms. The summed E-state index contributed by atoms with van der Waals surface area (Å²) in [5, 5.41) is 6.42. The summed E-state index contributed by atoms with van der Waals surface area (Å²) < 4.78 is 11.6.